The van der Waals surface area contributed by atoms with Gasteiger partial charge >= 0.3 is 0 Å². The Kier molecular flexibility index (Phi) is 12.2. The van der Waals surface area contributed by atoms with Crippen LogP contribution in [0, 0.1) is 11.7 Å². The average molecular weight is 710 g/mol. The highest BCUT2D eigenvalue weighted by Crippen LogP contribution is 2.29. The fraction of sp³-hybridized carbons (Fsp3) is 0.500. The SMILES string of the molecule is C[C@@H]1CCCCO[C@@H](CN(C)S(=O)(=O)c2ccc(F)cc2)[C@@H](C)CN([C@@H](C)CO)C(=O)c2cc(NS(=O)(=O)c3cn(C)cn3)ccc2O1. The highest BCUT2D eigenvalue weighted by molar-refractivity contribution is 7.92. The lowest BCUT2D eigenvalue weighted by molar-refractivity contribution is -0.00834. The number of halogens is 1. The number of fused-ring (bicyclic) bond motifs is 1. The molecule has 13 nitrogen and oxygen atoms in total. The maximum atomic E-state index is 14.3. The van der Waals surface area contributed by atoms with Gasteiger partial charge in [0.2, 0.25) is 10.0 Å². The monoisotopic (exact) mass is 709 g/mol. The van der Waals surface area contributed by atoms with Gasteiger partial charge in [-0.15, -0.1) is 0 Å². The largest absolute Gasteiger partial charge is 0.490 e. The molecule has 0 fully saturated rings. The summed E-state index contributed by atoms with van der Waals surface area (Å²) in [6.07, 6.45) is 3.78. The number of amides is 1. The van der Waals surface area contributed by atoms with Crippen molar-refractivity contribution in [2.24, 2.45) is 13.0 Å². The highest BCUT2D eigenvalue weighted by atomic mass is 32.2. The summed E-state index contributed by atoms with van der Waals surface area (Å²) < 4.78 is 83.8. The third-order valence-electron chi connectivity index (χ3n) is 8.22. The number of hydrogen-bond donors (Lipinski definition) is 2. The fourth-order valence-electron chi connectivity index (χ4n) is 5.32. The first-order valence-corrected chi connectivity index (χ1v) is 18.6. The lowest BCUT2D eigenvalue weighted by Crippen LogP contribution is -2.48. The summed E-state index contributed by atoms with van der Waals surface area (Å²) in [5.74, 6) is -1.24. The van der Waals surface area contributed by atoms with E-state index in [1.165, 1.54) is 59.4 Å². The number of rotatable bonds is 9. The number of aliphatic hydroxyl groups excluding tert-OH is 1. The molecule has 1 aliphatic rings. The van der Waals surface area contributed by atoms with Crippen LogP contribution in [0.15, 0.2) is 64.9 Å². The number of nitrogens with one attached hydrogen (secondary N) is 1. The van der Waals surface area contributed by atoms with Crippen LogP contribution >= 0.6 is 0 Å². The van der Waals surface area contributed by atoms with Crippen LogP contribution in [0.4, 0.5) is 10.1 Å². The minimum atomic E-state index is -4.07. The Hall–Kier alpha value is -3.57. The average Bonchev–Trinajstić information content (AvgIpc) is 3.49. The smallest absolute Gasteiger partial charge is 0.280 e. The van der Waals surface area contributed by atoms with E-state index in [0.29, 0.717) is 19.4 Å². The second-order valence-electron chi connectivity index (χ2n) is 12.2. The quantitative estimate of drug-likeness (QED) is 0.339. The molecule has 0 unspecified atom stereocenters. The Morgan fingerprint density at radius 3 is 2.48 bits per heavy atom. The van der Waals surface area contributed by atoms with E-state index in [2.05, 4.69) is 9.71 Å². The predicted octanol–water partition coefficient (Wildman–Crippen LogP) is 3.48. The van der Waals surface area contributed by atoms with Gasteiger partial charge in [0.05, 0.1) is 41.6 Å². The lowest BCUT2D eigenvalue weighted by atomic mass is 10.0. The number of carbonyl (C=O) groups is 1. The molecule has 16 heteroatoms. The Bertz CT molecular complexity index is 1770. The molecule has 2 aromatic carbocycles. The topological polar surface area (TPSA) is 160 Å². The second-order valence-corrected chi connectivity index (χ2v) is 15.9. The normalized spacial score (nSPS) is 20.9. The standard InChI is InChI=1S/C32H44FN5O8S2/c1-22-17-38(23(2)20-39)32(40)28-16-26(35-47(41,42)31-19-36(4)21-34-31)11-14-29(28)46-24(3)8-6-7-15-45-30(22)18-37(5)48(43,44)27-12-9-25(33)10-13-27/h9-14,16,19,21-24,30,35,39H,6-8,15,17-18,20H2,1-5H3/t22-,23-,24+,30-/m0/s1. The molecule has 4 atom stereocenters. The van der Waals surface area contributed by atoms with Crippen molar-refractivity contribution in [3.05, 3.63) is 66.4 Å². The van der Waals surface area contributed by atoms with E-state index in [1.54, 1.807) is 14.0 Å². The van der Waals surface area contributed by atoms with Crippen molar-refractivity contribution >= 4 is 31.6 Å². The minimum Gasteiger partial charge on any atom is -0.490 e. The molecule has 0 saturated carbocycles. The first-order chi connectivity index (χ1) is 22.6. The molecule has 0 bridgehead atoms. The van der Waals surface area contributed by atoms with E-state index in [4.69, 9.17) is 9.47 Å². The Labute approximate surface area is 281 Å². The van der Waals surface area contributed by atoms with Gasteiger partial charge in [-0.1, -0.05) is 6.92 Å². The highest BCUT2D eigenvalue weighted by Gasteiger charge is 2.33. The summed E-state index contributed by atoms with van der Waals surface area (Å²) in [4.78, 5) is 19.6. The first-order valence-electron chi connectivity index (χ1n) is 15.7. The summed E-state index contributed by atoms with van der Waals surface area (Å²) in [6.45, 7) is 5.35. The zero-order valence-electron chi connectivity index (χ0n) is 27.7. The molecule has 2 heterocycles. The van der Waals surface area contributed by atoms with Crippen molar-refractivity contribution in [2.75, 3.05) is 38.1 Å². The molecule has 264 valence electrons. The van der Waals surface area contributed by atoms with Crippen molar-refractivity contribution in [3.8, 4) is 5.75 Å². The number of ether oxygens (including phenoxy) is 2. The molecular weight excluding hydrogens is 666 g/mol. The molecular formula is C32H44FN5O8S2. The summed E-state index contributed by atoms with van der Waals surface area (Å²) in [5.41, 5.74) is 0.199. The van der Waals surface area contributed by atoms with E-state index in [1.807, 2.05) is 13.8 Å². The summed E-state index contributed by atoms with van der Waals surface area (Å²) in [6, 6.07) is 8.34. The fourth-order valence-corrected chi connectivity index (χ4v) is 7.54. The summed E-state index contributed by atoms with van der Waals surface area (Å²) >= 11 is 0. The maximum Gasteiger partial charge on any atom is 0.280 e. The number of benzene rings is 2. The van der Waals surface area contributed by atoms with Gasteiger partial charge in [0.15, 0.2) is 5.03 Å². The number of aliphatic hydroxyl groups is 1. The molecule has 1 amide bonds. The van der Waals surface area contributed by atoms with E-state index in [9.17, 15) is 31.1 Å². The van der Waals surface area contributed by atoms with Gasteiger partial charge in [-0.2, -0.15) is 12.7 Å². The summed E-state index contributed by atoms with van der Waals surface area (Å²) in [7, 11) is -4.99. The molecule has 48 heavy (non-hydrogen) atoms. The number of carbonyl (C=O) groups excluding carboxylic acids is 1. The van der Waals surface area contributed by atoms with Crippen LogP contribution in [-0.4, -0.2) is 98.2 Å². The number of aromatic nitrogens is 2. The number of anilines is 1. The van der Waals surface area contributed by atoms with Crippen LogP contribution in [-0.2, 0) is 31.8 Å². The molecule has 4 rings (SSSR count). The van der Waals surface area contributed by atoms with E-state index in [-0.39, 0.29) is 52.7 Å². The Morgan fingerprint density at radius 2 is 1.83 bits per heavy atom. The van der Waals surface area contributed by atoms with Crippen LogP contribution in [0.3, 0.4) is 0 Å². The van der Waals surface area contributed by atoms with Crippen LogP contribution in [0.1, 0.15) is 50.4 Å². The van der Waals surface area contributed by atoms with Crippen LogP contribution in [0.5, 0.6) is 5.75 Å². The molecule has 0 radical (unpaired) electrons. The van der Waals surface area contributed by atoms with Crippen LogP contribution in [0.25, 0.3) is 0 Å². The first kappa shape index (κ1) is 37.3. The molecule has 3 aromatic rings. The van der Waals surface area contributed by atoms with Crippen molar-refractivity contribution in [2.45, 2.75) is 68.2 Å². The number of sulfonamides is 2. The summed E-state index contributed by atoms with van der Waals surface area (Å²) in [5, 5.41) is 9.99. The predicted molar refractivity (Wildman–Crippen MR) is 177 cm³/mol. The molecule has 2 N–H and O–H groups in total. The Balaban J connectivity index is 1.67. The van der Waals surface area contributed by atoms with Gasteiger partial charge < -0.3 is 24.0 Å². The van der Waals surface area contributed by atoms with Crippen molar-refractivity contribution < 1.29 is 40.6 Å². The van der Waals surface area contributed by atoms with Crippen LogP contribution < -0.4 is 9.46 Å². The number of aryl methyl sites for hydroxylation is 1. The number of nitrogens with zero attached hydrogens (tertiary/aromatic N) is 4. The van der Waals surface area contributed by atoms with Gasteiger partial charge in [0.25, 0.3) is 15.9 Å². The lowest BCUT2D eigenvalue weighted by Gasteiger charge is -2.35. The molecule has 0 spiro atoms. The van der Waals surface area contributed by atoms with Crippen molar-refractivity contribution in [1.29, 1.82) is 0 Å². The minimum absolute atomic E-state index is 0.0496. The van der Waals surface area contributed by atoms with Gasteiger partial charge in [0.1, 0.15) is 11.6 Å². The number of imidazole rings is 1. The number of likely N-dealkylation sites (N-methyl/N-ethyl adjacent to an activating group) is 1. The molecule has 1 aromatic heterocycles. The van der Waals surface area contributed by atoms with Gasteiger partial charge in [-0.05, 0) is 75.6 Å². The van der Waals surface area contributed by atoms with Crippen molar-refractivity contribution in [3.63, 3.8) is 0 Å². The van der Waals surface area contributed by atoms with Gasteiger partial charge in [-0.3, -0.25) is 9.52 Å². The third-order valence-corrected chi connectivity index (χ3v) is 11.3. The van der Waals surface area contributed by atoms with Crippen LogP contribution in [0.2, 0.25) is 0 Å². The second kappa shape index (κ2) is 15.8. The third kappa shape index (κ3) is 9.11. The van der Waals surface area contributed by atoms with E-state index in [0.717, 1.165) is 22.9 Å². The zero-order chi connectivity index (χ0) is 35.2. The molecule has 0 saturated heterocycles. The van der Waals surface area contributed by atoms with Gasteiger partial charge in [0, 0.05) is 51.6 Å². The zero-order valence-corrected chi connectivity index (χ0v) is 29.4. The van der Waals surface area contributed by atoms with E-state index < -0.39 is 49.8 Å². The Morgan fingerprint density at radius 1 is 1.12 bits per heavy atom. The molecule has 0 aliphatic carbocycles. The number of hydrogen-bond acceptors (Lipinski definition) is 9. The molecule has 1 aliphatic heterocycles. The maximum absolute atomic E-state index is 14.3. The van der Waals surface area contributed by atoms with Crippen molar-refractivity contribution in [1.82, 2.24) is 18.8 Å². The van der Waals surface area contributed by atoms with Gasteiger partial charge in [-0.25, -0.2) is 17.8 Å². The van der Waals surface area contributed by atoms with E-state index >= 15 is 0 Å².